The SMILES string of the molecule is CCC[C@@H](NC(=O)NC(C)CSC)C(=O)O. The van der Waals surface area contributed by atoms with Crippen LogP contribution in [-0.4, -0.2) is 41.2 Å². The van der Waals surface area contributed by atoms with Gasteiger partial charge in [0, 0.05) is 11.8 Å². The second-order valence-corrected chi connectivity index (χ2v) is 4.56. The normalized spacial score (nSPS) is 13.9. The molecule has 0 rings (SSSR count). The smallest absolute Gasteiger partial charge is 0.326 e. The van der Waals surface area contributed by atoms with E-state index < -0.39 is 18.0 Å². The second kappa shape index (κ2) is 8.27. The number of thioether (sulfide) groups is 1. The molecule has 16 heavy (non-hydrogen) atoms. The van der Waals surface area contributed by atoms with Crippen molar-refractivity contribution < 1.29 is 14.7 Å². The summed E-state index contributed by atoms with van der Waals surface area (Å²) in [5.74, 6) is -0.187. The minimum absolute atomic E-state index is 0.0334. The van der Waals surface area contributed by atoms with Gasteiger partial charge in [0.1, 0.15) is 6.04 Å². The number of urea groups is 1. The molecular formula is C10H20N2O3S. The van der Waals surface area contributed by atoms with Gasteiger partial charge in [-0.05, 0) is 19.6 Å². The molecule has 2 amide bonds. The van der Waals surface area contributed by atoms with Crippen molar-refractivity contribution in [3.05, 3.63) is 0 Å². The summed E-state index contributed by atoms with van der Waals surface area (Å²) in [5.41, 5.74) is 0. The monoisotopic (exact) mass is 248 g/mol. The summed E-state index contributed by atoms with van der Waals surface area (Å²) < 4.78 is 0. The van der Waals surface area contributed by atoms with Crippen LogP contribution in [0.2, 0.25) is 0 Å². The van der Waals surface area contributed by atoms with Crippen LogP contribution in [0.5, 0.6) is 0 Å². The van der Waals surface area contributed by atoms with Crippen molar-refractivity contribution >= 4 is 23.8 Å². The summed E-state index contributed by atoms with van der Waals surface area (Å²) in [6, 6.07) is -1.18. The Balaban J connectivity index is 4.04. The molecule has 0 aliphatic heterocycles. The van der Waals surface area contributed by atoms with E-state index >= 15 is 0 Å². The first-order valence-corrected chi connectivity index (χ1v) is 6.69. The number of aliphatic carboxylic acids is 1. The first-order valence-electron chi connectivity index (χ1n) is 5.30. The van der Waals surface area contributed by atoms with Gasteiger partial charge in [0.25, 0.3) is 0 Å². The summed E-state index contributed by atoms with van der Waals surface area (Å²) in [5, 5.41) is 14.0. The molecule has 0 aliphatic carbocycles. The van der Waals surface area contributed by atoms with Gasteiger partial charge in [-0.1, -0.05) is 13.3 Å². The molecule has 0 aromatic heterocycles. The molecule has 2 atom stereocenters. The average molecular weight is 248 g/mol. The van der Waals surface area contributed by atoms with Crippen molar-refractivity contribution in [1.29, 1.82) is 0 Å². The number of carboxylic acid groups (broad SMARTS) is 1. The van der Waals surface area contributed by atoms with Crippen LogP contribution in [0.25, 0.3) is 0 Å². The van der Waals surface area contributed by atoms with E-state index in [0.29, 0.717) is 6.42 Å². The Bertz CT molecular complexity index is 236. The van der Waals surface area contributed by atoms with Crippen LogP contribution in [0.1, 0.15) is 26.7 Å². The molecule has 1 unspecified atom stereocenters. The molecule has 0 aliphatic rings. The van der Waals surface area contributed by atoms with Crippen LogP contribution in [0, 0.1) is 0 Å². The van der Waals surface area contributed by atoms with Gasteiger partial charge in [0.05, 0.1) is 0 Å². The predicted octanol–water partition coefficient (Wildman–Crippen LogP) is 1.29. The average Bonchev–Trinajstić information content (AvgIpc) is 2.16. The maximum Gasteiger partial charge on any atom is 0.326 e. The van der Waals surface area contributed by atoms with Gasteiger partial charge in [-0.25, -0.2) is 9.59 Å². The van der Waals surface area contributed by atoms with Crippen LogP contribution in [0.3, 0.4) is 0 Å². The van der Waals surface area contributed by atoms with E-state index in [1.165, 1.54) is 0 Å². The Morgan fingerprint density at radius 2 is 2.00 bits per heavy atom. The maximum absolute atomic E-state index is 11.4. The number of nitrogens with one attached hydrogen (secondary N) is 2. The zero-order chi connectivity index (χ0) is 12.6. The fourth-order valence-electron chi connectivity index (χ4n) is 1.26. The largest absolute Gasteiger partial charge is 0.480 e. The molecule has 0 aromatic rings. The van der Waals surface area contributed by atoms with Gasteiger partial charge in [-0.2, -0.15) is 11.8 Å². The number of carbonyl (C=O) groups is 2. The molecular weight excluding hydrogens is 228 g/mol. The number of hydrogen-bond donors (Lipinski definition) is 3. The first kappa shape index (κ1) is 15.1. The standard InChI is InChI=1S/C10H20N2O3S/c1-4-5-8(9(13)14)12-10(15)11-7(2)6-16-3/h7-8H,4-6H2,1-3H3,(H,13,14)(H2,11,12,15)/t7?,8-/m1/s1. The van der Waals surface area contributed by atoms with Crippen molar-refractivity contribution in [2.24, 2.45) is 0 Å². The number of carbonyl (C=O) groups excluding carboxylic acids is 1. The topological polar surface area (TPSA) is 78.4 Å². The summed E-state index contributed by atoms with van der Waals surface area (Å²) in [4.78, 5) is 22.2. The van der Waals surface area contributed by atoms with Crippen LogP contribution in [-0.2, 0) is 4.79 Å². The Morgan fingerprint density at radius 1 is 1.38 bits per heavy atom. The first-order chi connectivity index (χ1) is 7.51. The van der Waals surface area contributed by atoms with Crippen molar-refractivity contribution in [3.63, 3.8) is 0 Å². The number of hydrogen-bond acceptors (Lipinski definition) is 3. The summed E-state index contributed by atoms with van der Waals surface area (Å²) in [6.07, 6.45) is 3.12. The quantitative estimate of drug-likeness (QED) is 0.634. The van der Waals surface area contributed by atoms with Gasteiger partial charge in [0.2, 0.25) is 0 Å². The van der Waals surface area contributed by atoms with Gasteiger partial charge in [-0.15, -0.1) is 0 Å². The lowest BCUT2D eigenvalue weighted by molar-refractivity contribution is -0.139. The third-order valence-corrected chi connectivity index (χ3v) is 2.81. The van der Waals surface area contributed by atoms with Gasteiger partial charge >= 0.3 is 12.0 Å². The maximum atomic E-state index is 11.4. The molecule has 94 valence electrons. The lowest BCUT2D eigenvalue weighted by Gasteiger charge is -2.17. The van der Waals surface area contributed by atoms with E-state index in [1.807, 2.05) is 20.1 Å². The molecule has 3 N–H and O–H groups in total. The molecule has 5 nitrogen and oxygen atoms in total. The fraction of sp³-hybridized carbons (Fsp3) is 0.800. The minimum atomic E-state index is -0.991. The Morgan fingerprint density at radius 3 is 2.44 bits per heavy atom. The van der Waals surface area contributed by atoms with Gasteiger partial charge in [-0.3, -0.25) is 0 Å². The molecule has 0 saturated heterocycles. The van der Waals surface area contributed by atoms with E-state index in [0.717, 1.165) is 12.2 Å². The highest BCUT2D eigenvalue weighted by Gasteiger charge is 2.19. The Labute approximate surface area is 100 Å². The third-order valence-electron chi connectivity index (χ3n) is 1.97. The molecule has 0 heterocycles. The molecule has 0 aromatic carbocycles. The van der Waals surface area contributed by atoms with E-state index in [4.69, 9.17) is 5.11 Å². The molecule has 0 radical (unpaired) electrons. The number of carboxylic acids is 1. The molecule has 0 spiro atoms. The van der Waals surface area contributed by atoms with Gasteiger partial charge in [0.15, 0.2) is 0 Å². The number of rotatable bonds is 7. The van der Waals surface area contributed by atoms with Crippen LogP contribution >= 0.6 is 11.8 Å². The Hall–Kier alpha value is -0.910. The molecule has 0 fully saturated rings. The summed E-state index contributed by atoms with van der Waals surface area (Å²) >= 11 is 1.63. The molecule has 0 saturated carbocycles. The highest BCUT2D eigenvalue weighted by molar-refractivity contribution is 7.98. The van der Waals surface area contributed by atoms with E-state index in [9.17, 15) is 9.59 Å². The van der Waals surface area contributed by atoms with Crippen LogP contribution in [0.15, 0.2) is 0 Å². The summed E-state index contributed by atoms with van der Waals surface area (Å²) in [6.45, 7) is 3.76. The fourth-order valence-corrected chi connectivity index (χ4v) is 1.84. The summed E-state index contributed by atoms with van der Waals surface area (Å²) in [7, 11) is 0. The van der Waals surface area contributed by atoms with Crippen molar-refractivity contribution in [1.82, 2.24) is 10.6 Å². The lowest BCUT2D eigenvalue weighted by atomic mass is 10.2. The third kappa shape index (κ3) is 6.55. The van der Waals surface area contributed by atoms with Crippen molar-refractivity contribution in [3.8, 4) is 0 Å². The second-order valence-electron chi connectivity index (χ2n) is 3.65. The lowest BCUT2D eigenvalue weighted by Crippen LogP contribution is -2.48. The van der Waals surface area contributed by atoms with Crippen molar-refractivity contribution in [2.75, 3.05) is 12.0 Å². The molecule has 0 bridgehead atoms. The van der Waals surface area contributed by atoms with Crippen molar-refractivity contribution in [2.45, 2.75) is 38.8 Å². The highest BCUT2D eigenvalue weighted by Crippen LogP contribution is 1.98. The zero-order valence-electron chi connectivity index (χ0n) is 9.95. The number of amides is 2. The van der Waals surface area contributed by atoms with Gasteiger partial charge < -0.3 is 15.7 Å². The van der Waals surface area contributed by atoms with Crippen LogP contribution < -0.4 is 10.6 Å². The molecule has 6 heteroatoms. The highest BCUT2D eigenvalue weighted by atomic mass is 32.2. The van der Waals surface area contributed by atoms with E-state index in [2.05, 4.69) is 10.6 Å². The van der Waals surface area contributed by atoms with Crippen LogP contribution in [0.4, 0.5) is 4.79 Å². The Kier molecular flexibility index (Phi) is 7.80. The van der Waals surface area contributed by atoms with E-state index in [-0.39, 0.29) is 6.04 Å². The van der Waals surface area contributed by atoms with E-state index in [1.54, 1.807) is 11.8 Å². The predicted molar refractivity (Wildman–Crippen MR) is 65.8 cm³/mol. The minimum Gasteiger partial charge on any atom is -0.480 e. The zero-order valence-corrected chi connectivity index (χ0v) is 10.8.